The van der Waals surface area contributed by atoms with E-state index in [0.29, 0.717) is 39.1 Å². The fourth-order valence-electron chi connectivity index (χ4n) is 2.96. The summed E-state index contributed by atoms with van der Waals surface area (Å²) >= 11 is 0. The van der Waals surface area contributed by atoms with Gasteiger partial charge in [0.15, 0.2) is 0 Å². The Balaban J connectivity index is 1.85. The van der Waals surface area contributed by atoms with E-state index in [9.17, 15) is 14.4 Å². The van der Waals surface area contributed by atoms with Gasteiger partial charge in [-0.25, -0.2) is 0 Å². The molecule has 0 radical (unpaired) electrons. The largest absolute Gasteiger partial charge is 0.354 e. The highest BCUT2D eigenvalue weighted by molar-refractivity contribution is 5.82. The Morgan fingerprint density at radius 3 is 2.38 bits per heavy atom. The number of amides is 3. The zero-order valence-electron chi connectivity index (χ0n) is 12.9. The van der Waals surface area contributed by atoms with Crippen molar-refractivity contribution in [3.63, 3.8) is 0 Å². The molecule has 2 aliphatic rings. The van der Waals surface area contributed by atoms with E-state index in [2.05, 4.69) is 5.32 Å². The molecule has 2 aliphatic heterocycles. The molecular formula is C15H25N3O3. The molecule has 1 N–H and O–H groups in total. The van der Waals surface area contributed by atoms with Gasteiger partial charge in [0.1, 0.15) is 0 Å². The average molecular weight is 295 g/mol. The molecule has 0 aliphatic carbocycles. The second kappa shape index (κ2) is 6.91. The first-order valence-corrected chi connectivity index (χ1v) is 7.83. The fourth-order valence-corrected chi connectivity index (χ4v) is 2.96. The summed E-state index contributed by atoms with van der Waals surface area (Å²) in [7, 11) is 0. The number of carbonyl (C=O) groups is 3. The van der Waals surface area contributed by atoms with Gasteiger partial charge < -0.3 is 15.1 Å². The number of nitrogens with one attached hydrogen (secondary N) is 1. The molecule has 0 spiro atoms. The number of likely N-dealkylation sites (tertiary alicyclic amines) is 1. The van der Waals surface area contributed by atoms with Crippen molar-refractivity contribution in [1.29, 1.82) is 0 Å². The molecule has 0 unspecified atom stereocenters. The van der Waals surface area contributed by atoms with Gasteiger partial charge in [-0.3, -0.25) is 14.4 Å². The Kier molecular flexibility index (Phi) is 5.20. The molecule has 2 rings (SSSR count). The summed E-state index contributed by atoms with van der Waals surface area (Å²) in [6.45, 7) is 6.78. The van der Waals surface area contributed by atoms with Crippen LogP contribution in [-0.4, -0.2) is 60.2 Å². The smallest absolute Gasteiger partial charge is 0.225 e. The van der Waals surface area contributed by atoms with Crippen LogP contribution in [0.2, 0.25) is 0 Å². The molecule has 0 aromatic heterocycles. The Labute approximate surface area is 125 Å². The highest BCUT2D eigenvalue weighted by atomic mass is 16.2. The Hall–Kier alpha value is -1.59. The molecule has 118 valence electrons. The maximum atomic E-state index is 12.5. The van der Waals surface area contributed by atoms with Crippen molar-refractivity contribution < 1.29 is 14.4 Å². The monoisotopic (exact) mass is 295 g/mol. The molecule has 21 heavy (non-hydrogen) atoms. The van der Waals surface area contributed by atoms with Gasteiger partial charge in [-0.05, 0) is 12.8 Å². The molecule has 0 bridgehead atoms. The van der Waals surface area contributed by atoms with Crippen LogP contribution in [-0.2, 0) is 14.4 Å². The van der Waals surface area contributed by atoms with Gasteiger partial charge >= 0.3 is 0 Å². The zero-order chi connectivity index (χ0) is 15.4. The summed E-state index contributed by atoms with van der Waals surface area (Å²) in [6, 6.07) is 0. The highest BCUT2D eigenvalue weighted by Crippen LogP contribution is 2.21. The first kappa shape index (κ1) is 15.8. The van der Waals surface area contributed by atoms with E-state index < -0.39 is 0 Å². The number of rotatable bonds is 2. The second-order valence-corrected chi connectivity index (χ2v) is 6.18. The number of hydrogen-bond acceptors (Lipinski definition) is 3. The van der Waals surface area contributed by atoms with Crippen LogP contribution in [0.4, 0.5) is 0 Å². The summed E-state index contributed by atoms with van der Waals surface area (Å²) < 4.78 is 0. The summed E-state index contributed by atoms with van der Waals surface area (Å²) in [5, 5.41) is 2.78. The van der Waals surface area contributed by atoms with Crippen LogP contribution in [0.5, 0.6) is 0 Å². The molecule has 6 nitrogen and oxygen atoms in total. The molecule has 0 aromatic carbocycles. The lowest BCUT2D eigenvalue weighted by atomic mass is 9.94. The van der Waals surface area contributed by atoms with E-state index in [0.717, 1.165) is 12.8 Å². The summed E-state index contributed by atoms with van der Waals surface area (Å²) in [5.74, 6) is 0.339. The van der Waals surface area contributed by atoms with Gasteiger partial charge in [-0.2, -0.15) is 0 Å². The second-order valence-electron chi connectivity index (χ2n) is 6.18. The summed E-state index contributed by atoms with van der Waals surface area (Å²) in [6.07, 6.45) is 1.85. The van der Waals surface area contributed by atoms with E-state index in [-0.39, 0.29) is 29.6 Å². The van der Waals surface area contributed by atoms with Crippen LogP contribution in [0.1, 0.15) is 33.1 Å². The van der Waals surface area contributed by atoms with Gasteiger partial charge in [0, 0.05) is 51.0 Å². The predicted molar refractivity (Wildman–Crippen MR) is 78.3 cm³/mol. The minimum absolute atomic E-state index is 0.00517. The summed E-state index contributed by atoms with van der Waals surface area (Å²) in [4.78, 5) is 39.4. The number of carbonyl (C=O) groups excluding carboxylic acids is 3. The average Bonchev–Trinajstić information content (AvgIpc) is 2.70. The van der Waals surface area contributed by atoms with Crippen molar-refractivity contribution >= 4 is 17.7 Å². The minimum atomic E-state index is -0.00517. The molecule has 3 amide bonds. The highest BCUT2D eigenvalue weighted by Gasteiger charge is 2.31. The van der Waals surface area contributed by atoms with Crippen LogP contribution in [0, 0.1) is 11.8 Å². The van der Waals surface area contributed by atoms with Gasteiger partial charge in [-0.15, -0.1) is 0 Å². The lowest BCUT2D eigenvalue weighted by molar-refractivity contribution is -0.142. The van der Waals surface area contributed by atoms with Crippen molar-refractivity contribution in [1.82, 2.24) is 15.1 Å². The fraction of sp³-hybridized carbons (Fsp3) is 0.800. The third-order valence-electron chi connectivity index (χ3n) is 4.27. The van der Waals surface area contributed by atoms with Gasteiger partial charge in [0.2, 0.25) is 17.7 Å². The van der Waals surface area contributed by atoms with E-state index in [4.69, 9.17) is 0 Å². The van der Waals surface area contributed by atoms with Crippen molar-refractivity contribution in [2.45, 2.75) is 33.1 Å². The number of hydrogen-bond donors (Lipinski definition) is 1. The van der Waals surface area contributed by atoms with Crippen molar-refractivity contribution in [3.05, 3.63) is 0 Å². The Bertz CT molecular complexity index is 414. The molecule has 0 saturated carbocycles. The molecule has 2 heterocycles. The van der Waals surface area contributed by atoms with Crippen molar-refractivity contribution in [2.75, 3.05) is 32.7 Å². The van der Waals surface area contributed by atoms with Gasteiger partial charge in [0.05, 0.1) is 0 Å². The van der Waals surface area contributed by atoms with Crippen LogP contribution in [0.25, 0.3) is 0 Å². The van der Waals surface area contributed by atoms with Gasteiger partial charge in [-0.1, -0.05) is 13.8 Å². The quantitative estimate of drug-likeness (QED) is 0.793. The van der Waals surface area contributed by atoms with Gasteiger partial charge in [0.25, 0.3) is 0 Å². The predicted octanol–water partition coefficient (Wildman–Crippen LogP) is 0.230. The van der Waals surface area contributed by atoms with Crippen LogP contribution in [0.15, 0.2) is 0 Å². The molecule has 2 fully saturated rings. The number of piperidine rings is 1. The van der Waals surface area contributed by atoms with E-state index >= 15 is 0 Å². The van der Waals surface area contributed by atoms with Crippen molar-refractivity contribution in [2.24, 2.45) is 11.8 Å². The van der Waals surface area contributed by atoms with Crippen molar-refractivity contribution in [3.8, 4) is 0 Å². The summed E-state index contributed by atoms with van der Waals surface area (Å²) in [5.41, 5.74) is 0. The molecule has 0 atom stereocenters. The first-order valence-electron chi connectivity index (χ1n) is 7.83. The van der Waals surface area contributed by atoms with E-state index in [1.54, 1.807) is 4.90 Å². The Morgan fingerprint density at radius 1 is 1.10 bits per heavy atom. The third kappa shape index (κ3) is 3.95. The molecule has 0 aromatic rings. The van der Waals surface area contributed by atoms with Crippen LogP contribution >= 0.6 is 0 Å². The van der Waals surface area contributed by atoms with E-state index in [1.165, 1.54) is 0 Å². The normalized spacial score (nSPS) is 21.2. The third-order valence-corrected chi connectivity index (χ3v) is 4.27. The molecule has 6 heteroatoms. The maximum absolute atomic E-state index is 12.5. The minimum Gasteiger partial charge on any atom is -0.354 e. The molecule has 2 saturated heterocycles. The van der Waals surface area contributed by atoms with Crippen LogP contribution in [0.3, 0.4) is 0 Å². The topological polar surface area (TPSA) is 69.7 Å². The van der Waals surface area contributed by atoms with E-state index in [1.807, 2.05) is 18.7 Å². The first-order chi connectivity index (χ1) is 9.99. The Morgan fingerprint density at radius 2 is 1.76 bits per heavy atom. The molecular weight excluding hydrogens is 270 g/mol. The number of nitrogens with zero attached hydrogens (tertiary/aromatic N) is 2. The SMILES string of the molecule is CC(C)C(=O)N1CCC(C(=O)N2CCNC(=O)CC2)CC1. The van der Waals surface area contributed by atoms with Crippen LogP contribution < -0.4 is 5.32 Å². The zero-order valence-corrected chi connectivity index (χ0v) is 12.9. The maximum Gasteiger partial charge on any atom is 0.225 e. The lowest BCUT2D eigenvalue weighted by Gasteiger charge is -2.34. The lowest BCUT2D eigenvalue weighted by Crippen LogP contribution is -2.46. The standard InChI is InChI=1S/C15H25N3O3/c1-11(2)14(20)17-7-3-12(4-8-17)15(21)18-9-5-13(19)16-6-10-18/h11-12H,3-10H2,1-2H3,(H,16,19).